The van der Waals surface area contributed by atoms with Gasteiger partial charge >= 0.3 is 0 Å². The maximum Gasteiger partial charge on any atom is 0.144 e. The number of hydrogen-bond donors (Lipinski definition) is 1. The lowest BCUT2D eigenvalue weighted by atomic mass is 10.3. The van der Waals surface area contributed by atoms with Gasteiger partial charge < -0.3 is 5.73 Å². The molecule has 94 valence electrons. The van der Waals surface area contributed by atoms with Crippen LogP contribution in [0.1, 0.15) is 17.2 Å². The molecule has 0 saturated carbocycles. The van der Waals surface area contributed by atoms with Crippen LogP contribution in [-0.2, 0) is 13.1 Å². The first-order chi connectivity index (χ1) is 8.63. The Morgan fingerprint density at radius 1 is 1.22 bits per heavy atom. The van der Waals surface area contributed by atoms with Crippen LogP contribution >= 0.6 is 0 Å². The van der Waals surface area contributed by atoms with Crippen molar-refractivity contribution in [3.8, 4) is 0 Å². The maximum absolute atomic E-state index is 5.71. The number of pyridine rings is 1. The van der Waals surface area contributed by atoms with Gasteiger partial charge in [0.25, 0.3) is 0 Å². The lowest BCUT2D eigenvalue weighted by Gasteiger charge is -2.15. The quantitative estimate of drug-likeness (QED) is 0.879. The number of anilines is 1. The van der Waals surface area contributed by atoms with Gasteiger partial charge in [-0.3, -0.25) is 9.88 Å². The molecule has 0 saturated heterocycles. The van der Waals surface area contributed by atoms with E-state index in [1.54, 1.807) is 12.3 Å². The highest BCUT2D eigenvalue weighted by Gasteiger charge is 2.06. The van der Waals surface area contributed by atoms with E-state index in [-0.39, 0.29) is 0 Å². The largest absolute Gasteiger partial charge is 0.384 e. The van der Waals surface area contributed by atoms with Crippen LogP contribution in [-0.4, -0.2) is 26.9 Å². The smallest absolute Gasteiger partial charge is 0.144 e. The molecule has 2 heterocycles. The summed E-state index contributed by atoms with van der Waals surface area (Å²) in [6, 6.07) is 7.66. The van der Waals surface area contributed by atoms with Gasteiger partial charge in [-0.1, -0.05) is 6.07 Å². The highest BCUT2D eigenvalue weighted by Crippen LogP contribution is 2.06. The van der Waals surface area contributed by atoms with Gasteiger partial charge in [0.15, 0.2) is 0 Å². The second-order valence-electron chi connectivity index (χ2n) is 4.34. The molecule has 0 spiro atoms. The number of nitrogens with two attached hydrogens (primary N) is 1. The second kappa shape index (κ2) is 5.55. The van der Waals surface area contributed by atoms with Crippen molar-refractivity contribution in [2.24, 2.45) is 0 Å². The van der Waals surface area contributed by atoms with Gasteiger partial charge in [0.05, 0.1) is 12.2 Å². The third kappa shape index (κ3) is 3.49. The van der Waals surface area contributed by atoms with E-state index in [4.69, 9.17) is 5.73 Å². The van der Waals surface area contributed by atoms with Gasteiger partial charge in [-0.05, 0) is 26.1 Å². The van der Waals surface area contributed by atoms with E-state index in [9.17, 15) is 0 Å². The first kappa shape index (κ1) is 12.4. The Morgan fingerprint density at radius 3 is 2.72 bits per heavy atom. The fourth-order valence-electron chi connectivity index (χ4n) is 1.79. The van der Waals surface area contributed by atoms with Crippen LogP contribution in [0.4, 0.5) is 5.82 Å². The second-order valence-corrected chi connectivity index (χ2v) is 4.34. The molecule has 5 nitrogen and oxygen atoms in total. The van der Waals surface area contributed by atoms with Crippen LogP contribution in [0.15, 0.2) is 30.5 Å². The van der Waals surface area contributed by atoms with Crippen LogP contribution in [0.5, 0.6) is 0 Å². The Morgan fingerprint density at radius 2 is 2.06 bits per heavy atom. The van der Waals surface area contributed by atoms with Crippen LogP contribution < -0.4 is 5.73 Å². The Bertz CT molecular complexity index is 492. The van der Waals surface area contributed by atoms with Crippen LogP contribution in [0.2, 0.25) is 0 Å². The molecule has 0 fully saturated rings. The summed E-state index contributed by atoms with van der Waals surface area (Å²) in [4.78, 5) is 15.0. The van der Waals surface area contributed by atoms with E-state index >= 15 is 0 Å². The minimum absolute atomic E-state index is 0.517. The molecule has 2 aromatic heterocycles. The van der Waals surface area contributed by atoms with Crippen molar-refractivity contribution < 1.29 is 0 Å². The van der Waals surface area contributed by atoms with Gasteiger partial charge in [0, 0.05) is 24.5 Å². The summed E-state index contributed by atoms with van der Waals surface area (Å²) >= 11 is 0. The lowest BCUT2D eigenvalue weighted by Crippen LogP contribution is -2.20. The van der Waals surface area contributed by atoms with Crippen molar-refractivity contribution in [1.29, 1.82) is 0 Å². The molecule has 2 rings (SSSR count). The van der Waals surface area contributed by atoms with Crippen LogP contribution in [0, 0.1) is 6.92 Å². The van der Waals surface area contributed by atoms with E-state index in [1.165, 1.54) is 0 Å². The molecule has 0 aromatic carbocycles. The van der Waals surface area contributed by atoms with Crippen molar-refractivity contribution in [2.75, 3.05) is 12.8 Å². The average molecular weight is 243 g/mol. The molecule has 0 aliphatic heterocycles. The standard InChI is InChI=1S/C13H17N5/c1-10-7-12(14)17-13(16-10)9-18(2)8-11-5-3-4-6-15-11/h3-7H,8-9H2,1-2H3,(H2,14,16,17). The Balaban J connectivity index is 2.01. The van der Waals surface area contributed by atoms with E-state index < -0.39 is 0 Å². The van der Waals surface area contributed by atoms with Crippen LogP contribution in [0.3, 0.4) is 0 Å². The van der Waals surface area contributed by atoms with Gasteiger partial charge in [-0.2, -0.15) is 0 Å². The summed E-state index contributed by atoms with van der Waals surface area (Å²) in [5.74, 6) is 1.26. The monoisotopic (exact) mass is 243 g/mol. The molecule has 0 aliphatic rings. The predicted octanol–water partition coefficient (Wildman–Crippen LogP) is 1.39. The number of nitrogen functional groups attached to an aromatic ring is 1. The summed E-state index contributed by atoms with van der Waals surface area (Å²) < 4.78 is 0. The van der Waals surface area contributed by atoms with Gasteiger partial charge in [0.1, 0.15) is 11.6 Å². The molecule has 0 bridgehead atoms. The summed E-state index contributed by atoms with van der Waals surface area (Å²) in [5, 5.41) is 0. The average Bonchev–Trinajstić information content (AvgIpc) is 2.28. The predicted molar refractivity (Wildman–Crippen MR) is 70.6 cm³/mol. The fourth-order valence-corrected chi connectivity index (χ4v) is 1.79. The molecule has 0 unspecified atom stereocenters. The van der Waals surface area contributed by atoms with Gasteiger partial charge in [-0.15, -0.1) is 0 Å². The van der Waals surface area contributed by atoms with E-state index in [1.807, 2.05) is 32.2 Å². The molecule has 0 atom stereocenters. The van der Waals surface area contributed by atoms with Crippen molar-refractivity contribution in [3.63, 3.8) is 0 Å². The zero-order valence-electron chi connectivity index (χ0n) is 10.7. The summed E-state index contributed by atoms with van der Waals surface area (Å²) in [6.45, 7) is 3.33. The van der Waals surface area contributed by atoms with Crippen molar-refractivity contribution >= 4 is 5.82 Å². The zero-order chi connectivity index (χ0) is 13.0. The molecule has 2 N–H and O–H groups in total. The Hall–Kier alpha value is -2.01. The number of aromatic nitrogens is 3. The normalized spacial score (nSPS) is 10.8. The minimum atomic E-state index is 0.517. The van der Waals surface area contributed by atoms with E-state index in [0.717, 1.165) is 23.8 Å². The first-order valence-corrected chi connectivity index (χ1v) is 5.82. The highest BCUT2D eigenvalue weighted by atomic mass is 15.1. The van der Waals surface area contributed by atoms with E-state index in [2.05, 4.69) is 19.9 Å². The number of hydrogen-bond acceptors (Lipinski definition) is 5. The minimum Gasteiger partial charge on any atom is -0.384 e. The maximum atomic E-state index is 5.71. The Kier molecular flexibility index (Phi) is 3.84. The van der Waals surface area contributed by atoms with Crippen molar-refractivity contribution in [1.82, 2.24) is 19.9 Å². The van der Waals surface area contributed by atoms with Crippen molar-refractivity contribution in [2.45, 2.75) is 20.0 Å². The first-order valence-electron chi connectivity index (χ1n) is 5.82. The zero-order valence-corrected chi connectivity index (χ0v) is 10.7. The summed E-state index contributed by atoms with van der Waals surface area (Å²) in [5.41, 5.74) is 7.63. The fraction of sp³-hybridized carbons (Fsp3) is 0.308. The highest BCUT2D eigenvalue weighted by molar-refractivity contribution is 5.29. The van der Waals surface area contributed by atoms with Crippen molar-refractivity contribution in [3.05, 3.63) is 47.7 Å². The molecule has 0 radical (unpaired) electrons. The molecular weight excluding hydrogens is 226 g/mol. The third-order valence-corrected chi connectivity index (χ3v) is 2.49. The lowest BCUT2D eigenvalue weighted by molar-refractivity contribution is 0.306. The van der Waals surface area contributed by atoms with E-state index in [0.29, 0.717) is 12.4 Å². The van der Waals surface area contributed by atoms with Gasteiger partial charge in [-0.25, -0.2) is 9.97 Å². The topological polar surface area (TPSA) is 67.9 Å². The number of nitrogens with zero attached hydrogens (tertiary/aromatic N) is 4. The Labute approximate surface area is 107 Å². The molecule has 2 aromatic rings. The molecule has 0 amide bonds. The van der Waals surface area contributed by atoms with Gasteiger partial charge in [0.2, 0.25) is 0 Å². The molecular formula is C13H17N5. The van der Waals surface area contributed by atoms with Crippen LogP contribution in [0.25, 0.3) is 0 Å². The third-order valence-electron chi connectivity index (χ3n) is 2.49. The molecule has 0 aliphatic carbocycles. The number of aryl methyl sites for hydroxylation is 1. The summed E-state index contributed by atoms with van der Waals surface area (Å²) in [6.07, 6.45) is 1.80. The summed E-state index contributed by atoms with van der Waals surface area (Å²) in [7, 11) is 2.01. The SMILES string of the molecule is Cc1cc(N)nc(CN(C)Cc2ccccn2)n1. The molecule has 18 heavy (non-hydrogen) atoms. The molecule has 5 heteroatoms. The number of rotatable bonds is 4.